The third-order valence-corrected chi connectivity index (χ3v) is 2.99. The first-order chi connectivity index (χ1) is 7.47. The molecule has 5 heteroatoms. The third kappa shape index (κ3) is 4.70. The maximum absolute atomic E-state index is 12.0. The fraction of sp³-hybridized carbons (Fsp3) is 1.00. The molecular weight excluding hydrogens is 219 g/mol. The second-order valence-corrected chi connectivity index (χ2v) is 4.44. The topological polar surface area (TPSA) is 21.3 Å². The molecule has 0 bridgehead atoms. The smallest absolute Gasteiger partial charge is 0.366 e. The van der Waals surface area contributed by atoms with Crippen molar-refractivity contribution in [2.24, 2.45) is 0 Å². The highest BCUT2D eigenvalue weighted by atomic mass is 19.4. The number of rotatable bonds is 7. The van der Waals surface area contributed by atoms with Crippen molar-refractivity contribution in [2.45, 2.75) is 50.8 Å². The minimum Gasteiger partial charge on any atom is -0.366 e. The normalized spacial score (nSPS) is 19.5. The molecule has 1 fully saturated rings. The summed E-state index contributed by atoms with van der Waals surface area (Å²) in [5.41, 5.74) is -0.504. The van der Waals surface area contributed by atoms with E-state index in [9.17, 15) is 13.2 Å². The maximum atomic E-state index is 12.0. The van der Waals surface area contributed by atoms with Gasteiger partial charge in [0.15, 0.2) is 0 Å². The van der Waals surface area contributed by atoms with Gasteiger partial charge in [-0.3, -0.25) is 0 Å². The summed E-state index contributed by atoms with van der Waals surface area (Å²) in [4.78, 5) is 0. The van der Waals surface area contributed by atoms with E-state index in [-0.39, 0.29) is 0 Å². The van der Waals surface area contributed by atoms with E-state index >= 15 is 0 Å². The molecule has 1 aliphatic rings. The van der Waals surface area contributed by atoms with Gasteiger partial charge in [0.25, 0.3) is 0 Å². The zero-order valence-corrected chi connectivity index (χ0v) is 9.70. The average molecular weight is 239 g/mol. The van der Waals surface area contributed by atoms with Crippen LogP contribution < -0.4 is 5.32 Å². The first-order valence-electron chi connectivity index (χ1n) is 5.89. The molecule has 0 radical (unpaired) electrons. The van der Waals surface area contributed by atoms with E-state index in [1.165, 1.54) is 0 Å². The van der Waals surface area contributed by atoms with Gasteiger partial charge in [-0.05, 0) is 45.2 Å². The van der Waals surface area contributed by atoms with Gasteiger partial charge in [0.2, 0.25) is 0 Å². The summed E-state index contributed by atoms with van der Waals surface area (Å²) >= 11 is 0. The Morgan fingerprint density at radius 3 is 2.38 bits per heavy atom. The van der Waals surface area contributed by atoms with Crippen molar-refractivity contribution in [3.63, 3.8) is 0 Å². The first kappa shape index (κ1) is 13.8. The van der Waals surface area contributed by atoms with Crippen LogP contribution in [-0.4, -0.2) is 31.5 Å². The van der Waals surface area contributed by atoms with Crippen molar-refractivity contribution < 1.29 is 17.9 Å². The molecule has 0 aromatic carbocycles. The Bertz CT molecular complexity index is 202. The van der Waals surface area contributed by atoms with Crippen LogP contribution >= 0.6 is 0 Å². The molecule has 0 aromatic rings. The van der Waals surface area contributed by atoms with Gasteiger partial charge in [-0.15, -0.1) is 0 Å². The predicted molar refractivity (Wildman–Crippen MR) is 56.4 cm³/mol. The minimum absolute atomic E-state index is 0.504. The molecule has 0 spiro atoms. The second kappa shape index (κ2) is 5.87. The van der Waals surface area contributed by atoms with Crippen LogP contribution in [0.2, 0.25) is 0 Å². The number of alkyl halides is 3. The van der Waals surface area contributed by atoms with E-state index in [1.807, 2.05) is 0 Å². The Balaban J connectivity index is 2.22. The summed E-state index contributed by atoms with van der Waals surface area (Å²) in [5.74, 6) is 0. The molecule has 0 aromatic heterocycles. The number of hydrogen-bond acceptors (Lipinski definition) is 2. The Morgan fingerprint density at radius 1 is 1.25 bits per heavy atom. The van der Waals surface area contributed by atoms with Crippen LogP contribution in [0.4, 0.5) is 13.2 Å². The molecule has 1 aliphatic carbocycles. The van der Waals surface area contributed by atoms with Crippen LogP contribution in [0.1, 0.15) is 39.0 Å². The fourth-order valence-corrected chi connectivity index (χ4v) is 1.89. The van der Waals surface area contributed by atoms with E-state index in [0.29, 0.717) is 6.42 Å². The highest BCUT2D eigenvalue weighted by Crippen LogP contribution is 2.39. The number of halogens is 3. The largest absolute Gasteiger partial charge is 0.411 e. The Hall–Kier alpha value is -0.290. The van der Waals surface area contributed by atoms with Gasteiger partial charge in [0, 0.05) is 0 Å². The van der Waals surface area contributed by atoms with Crippen LogP contribution in [0.3, 0.4) is 0 Å². The summed E-state index contributed by atoms with van der Waals surface area (Å²) in [6.45, 7) is 2.61. The summed E-state index contributed by atoms with van der Waals surface area (Å²) in [6.07, 6.45) is 0.0122. The molecule has 0 unspecified atom stereocenters. The minimum atomic E-state index is -4.21. The molecule has 0 atom stereocenters. The van der Waals surface area contributed by atoms with E-state index in [0.717, 1.165) is 38.8 Å². The van der Waals surface area contributed by atoms with Crippen LogP contribution in [0.25, 0.3) is 0 Å². The Morgan fingerprint density at radius 2 is 1.94 bits per heavy atom. The van der Waals surface area contributed by atoms with Crippen molar-refractivity contribution in [1.29, 1.82) is 0 Å². The Labute approximate surface area is 94.5 Å². The predicted octanol–water partition coefficient (Wildman–Crippen LogP) is 2.88. The van der Waals surface area contributed by atoms with Crippen molar-refractivity contribution >= 4 is 0 Å². The van der Waals surface area contributed by atoms with Crippen LogP contribution in [0.15, 0.2) is 0 Å². The molecule has 0 heterocycles. The summed E-state index contributed by atoms with van der Waals surface area (Å²) < 4.78 is 41.2. The van der Waals surface area contributed by atoms with Crippen LogP contribution in [-0.2, 0) is 4.74 Å². The van der Waals surface area contributed by atoms with Gasteiger partial charge in [0.05, 0.1) is 5.60 Å². The quantitative estimate of drug-likeness (QED) is 0.690. The van der Waals surface area contributed by atoms with Crippen LogP contribution in [0, 0.1) is 0 Å². The van der Waals surface area contributed by atoms with Crippen molar-refractivity contribution in [2.75, 3.05) is 19.7 Å². The third-order valence-electron chi connectivity index (χ3n) is 2.99. The lowest BCUT2D eigenvalue weighted by Gasteiger charge is -2.42. The van der Waals surface area contributed by atoms with Gasteiger partial charge in [0.1, 0.15) is 6.61 Å². The van der Waals surface area contributed by atoms with E-state index in [4.69, 9.17) is 4.74 Å². The molecule has 1 rings (SSSR count). The molecule has 0 saturated heterocycles. The Kier molecular flexibility index (Phi) is 5.05. The zero-order chi connectivity index (χ0) is 12.1. The fourth-order valence-electron chi connectivity index (χ4n) is 1.89. The van der Waals surface area contributed by atoms with Crippen LogP contribution in [0.5, 0.6) is 0 Å². The molecular formula is C11H20F3NO. The highest BCUT2D eigenvalue weighted by molar-refractivity contribution is 4.90. The summed E-state index contributed by atoms with van der Waals surface area (Å²) in [5, 5.41) is 3.19. The lowest BCUT2D eigenvalue weighted by atomic mass is 9.77. The second-order valence-electron chi connectivity index (χ2n) is 4.44. The maximum Gasteiger partial charge on any atom is 0.411 e. The molecule has 2 nitrogen and oxygen atoms in total. The monoisotopic (exact) mass is 239 g/mol. The number of hydrogen-bond donors (Lipinski definition) is 1. The molecule has 16 heavy (non-hydrogen) atoms. The summed E-state index contributed by atoms with van der Waals surface area (Å²) in [6, 6.07) is 0. The van der Waals surface area contributed by atoms with E-state index < -0.39 is 18.4 Å². The lowest BCUT2D eigenvalue weighted by Crippen LogP contribution is -2.44. The molecule has 1 N–H and O–H groups in total. The highest BCUT2D eigenvalue weighted by Gasteiger charge is 2.41. The molecule has 0 amide bonds. The van der Waals surface area contributed by atoms with Gasteiger partial charge in [-0.1, -0.05) is 6.92 Å². The lowest BCUT2D eigenvalue weighted by molar-refractivity contribution is -0.221. The zero-order valence-electron chi connectivity index (χ0n) is 9.70. The van der Waals surface area contributed by atoms with Gasteiger partial charge < -0.3 is 10.1 Å². The molecule has 96 valence electrons. The van der Waals surface area contributed by atoms with Crippen molar-refractivity contribution in [3.05, 3.63) is 0 Å². The van der Waals surface area contributed by atoms with Gasteiger partial charge in [-0.25, -0.2) is 0 Å². The summed E-state index contributed by atoms with van der Waals surface area (Å²) in [7, 11) is 0. The standard InChI is InChI=1S/C11H20F3NO/c1-2-7-15-8-6-10(4-3-5-10)16-9-11(12,13)14/h15H,2-9H2,1H3. The number of nitrogens with one attached hydrogen (secondary N) is 1. The van der Waals surface area contributed by atoms with E-state index in [1.54, 1.807) is 0 Å². The number of ether oxygens (including phenoxy) is 1. The molecule has 1 saturated carbocycles. The average Bonchev–Trinajstić information content (AvgIpc) is 2.13. The first-order valence-corrected chi connectivity index (χ1v) is 5.89. The SMILES string of the molecule is CCCNCCC1(OCC(F)(F)F)CCC1. The van der Waals surface area contributed by atoms with Gasteiger partial charge in [-0.2, -0.15) is 13.2 Å². The molecule has 0 aliphatic heterocycles. The van der Waals surface area contributed by atoms with Crippen molar-refractivity contribution in [3.8, 4) is 0 Å². The van der Waals surface area contributed by atoms with Gasteiger partial charge >= 0.3 is 6.18 Å². The van der Waals surface area contributed by atoms with Crippen molar-refractivity contribution in [1.82, 2.24) is 5.32 Å². The van der Waals surface area contributed by atoms with E-state index in [2.05, 4.69) is 12.2 Å².